The minimum Gasteiger partial charge on any atom is -0.455 e. The van der Waals surface area contributed by atoms with Gasteiger partial charge in [0.15, 0.2) is 18.2 Å². The number of hydrogen-bond acceptors (Lipinski definition) is 6. The number of benzene rings is 2. The van der Waals surface area contributed by atoms with Gasteiger partial charge in [0.25, 0.3) is 11.6 Å². The van der Waals surface area contributed by atoms with Crippen molar-refractivity contribution in [2.45, 2.75) is 6.42 Å². The van der Waals surface area contributed by atoms with E-state index in [4.69, 9.17) is 4.74 Å². The molecule has 2 rings (SSSR count). The number of carbonyl (C=O) groups is 3. The quantitative estimate of drug-likeness (QED) is 0.390. The minimum atomic E-state index is -1.14. The number of carbonyl (C=O) groups excluding carboxylic acids is 3. The van der Waals surface area contributed by atoms with Crippen molar-refractivity contribution >= 4 is 29.2 Å². The predicted molar refractivity (Wildman–Crippen MR) is 95.8 cm³/mol. The number of hydrogen-bond donors (Lipinski definition) is 2. The number of halogens is 2. The molecule has 0 fully saturated rings. The Bertz CT molecular complexity index is 951. The third kappa shape index (κ3) is 6.65. The summed E-state index contributed by atoms with van der Waals surface area (Å²) in [4.78, 5) is 45.3. The van der Waals surface area contributed by atoms with E-state index in [0.29, 0.717) is 0 Å². The average molecular weight is 407 g/mol. The van der Waals surface area contributed by atoms with E-state index in [0.717, 1.165) is 18.2 Å². The third-order valence-electron chi connectivity index (χ3n) is 3.54. The van der Waals surface area contributed by atoms with Crippen LogP contribution in [0.4, 0.5) is 20.2 Å². The Morgan fingerprint density at radius 1 is 1.03 bits per heavy atom. The number of nitrogens with zero attached hydrogens (tertiary/aromatic N) is 1. The molecule has 2 aromatic carbocycles. The topological polar surface area (TPSA) is 128 Å². The number of nitro benzene ring substituents is 1. The highest BCUT2D eigenvalue weighted by atomic mass is 19.2. The van der Waals surface area contributed by atoms with Crippen LogP contribution in [0, 0.1) is 21.7 Å². The zero-order valence-electron chi connectivity index (χ0n) is 14.8. The second-order valence-corrected chi connectivity index (χ2v) is 5.68. The maximum atomic E-state index is 13.1. The molecule has 0 heterocycles. The first-order valence-corrected chi connectivity index (χ1v) is 8.16. The molecular formula is C18H15F2N3O6. The van der Waals surface area contributed by atoms with Crippen molar-refractivity contribution in [3.63, 3.8) is 0 Å². The number of ether oxygens (including phenoxy) is 1. The summed E-state index contributed by atoms with van der Waals surface area (Å²) in [7, 11) is 0. The Kier molecular flexibility index (Phi) is 7.29. The zero-order chi connectivity index (χ0) is 21.4. The summed E-state index contributed by atoms with van der Waals surface area (Å²) >= 11 is 0. The van der Waals surface area contributed by atoms with Crippen molar-refractivity contribution in [2.24, 2.45) is 0 Å². The SMILES string of the molecule is O=C(COC(=O)Cc1ccccc1[N+](=O)[O-])NCC(=O)Nc1ccc(F)c(F)c1. The van der Waals surface area contributed by atoms with Crippen LogP contribution in [-0.4, -0.2) is 35.9 Å². The summed E-state index contributed by atoms with van der Waals surface area (Å²) < 4.78 is 30.6. The van der Waals surface area contributed by atoms with E-state index >= 15 is 0 Å². The van der Waals surface area contributed by atoms with Crippen LogP contribution < -0.4 is 10.6 Å². The number of rotatable bonds is 8. The van der Waals surface area contributed by atoms with Gasteiger partial charge in [-0.25, -0.2) is 8.78 Å². The minimum absolute atomic E-state index is 0.000896. The molecule has 9 nitrogen and oxygen atoms in total. The lowest BCUT2D eigenvalue weighted by Gasteiger charge is -2.08. The van der Waals surface area contributed by atoms with Crippen LogP contribution in [0.15, 0.2) is 42.5 Å². The van der Waals surface area contributed by atoms with Crippen LogP contribution in [0.5, 0.6) is 0 Å². The fourth-order valence-corrected chi connectivity index (χ4v) is 2.20. The van der Waals surface area contributed by atoms with E-state index in [1.807, 2.05) is 0 Å². The summed E-state index contributed by atoms with van der Waals surface area (Å²) in [5.41, 5.74) is -0.115. The standard InChI is InChI=1S/C18H15F2N3O6/c19-13-6-5-12(8-14(13)20)22-16(24)9-21-17(25)10-29-18(26)7-11-3-1-2-4-15(11)23(27)28/h1-6,8H,7,9-10H2,(H,21,25)(H,22,24). The largest absolute Gasteiger partial charge is 0.455 e. The molecule has 0 aromatic heterocycles. The monoisotopic (exact) mass is 407 g/mol. The third-order valence-corrected chi connectivity index (χ3v) is 3.54. The highest BCUT2D eigenvalue weighted by Crippen LogP contribution is 2.18. The highest BCUT2D eigenvalue weighted by molar-refractivity contribution is 5.94. The van der Waals surface area contributed by atoms with Gasteiger partial charge in [0.1, 0.15) is 0 Å². The summed E-state index contributed by atoms with van der Waals surface area (Å²) in [6.45, 7) is -1.20. The Labute approximate surface area is 162 Å². The Morgan fingerprint density at radius 2 is 1.76 bits per heavy atom. The van der Waals surface area contributed by atoms with Crippen LogP contribution in [0.2, 0.25) is 0 Å². The molecule has 152 valence electrons. The summed E-state index contributed by atoms with van der Waals surface area (Å²) in [5.74, 6) is -4.58. The molecule has 2 amide bonds. The molecule has 0 aliphatic heterocycles. The Balaban J connectivity index is 1.75. The van der Waals surface area contributed by atoms with Crippen molar-refractivity contribution in [1.82, 2.24) is 5.32 Å². The van der Waals surface area contributed by atoms with Crippen LogP contribution in [0.3, 0.4) is 0 Å². The molecule has 0 unspecified atom stereocenters. The van der Waals surface area contributed by atoms with Crippen LogP contribution in [-0.2, 0) is 25.5 Å². The van der Waals surface area contributed by atoms with Gasteiger partial charge in [0, 0.05) is 23.4 Å². The average Bonchev–Trinajstić information content (AvgIpc) is 2.68. The summed E-state index contributed by atoms with van der Waals surface area (Å²) in [6.07, 6.45) is -0.402. The molecule has 2 N–H and O–H groups in total. The predicted octanol–water partition coefficient (Wildman–Crippen LogP) is 1.71. The molecule has 2 aromatic rings. The molecule has 0 aliphatic rings. The molecule has 29 heavy (non-hydrogen) atoms. The van der Waals surface area contributed by atoms with E-state index in [2.05, 4.69) is 10.6 Å². The summed E-state index contributed by atoms with van der Waals surface area (Å²) in [5, 5.41) is 15.3. The first kappa shape index (κ1) is 21.4. The van der Waals surface area contributed by atoms with Crippen LogP contribution in [0.1, 0.15) is 5.56 Å². The first-order chi connectivity index (χ1) is 13.8. The van der Waals surface area contributed by atoms with Crippen molar-refractivity contribution in [2.75, 3.05) is 18.5 Å². The van der Waals surface area contributed by atoms with Gasteiger partial charge in [0.05, 0.1) is 17.9 Å². The smallest absolute Gasteiger partial charge is 0.311 e. The molecule has 0 saturated heterocycles. The van der Waals surface area contributed by atoms with Crippen LogP contribution >= 0.6 is 0 Å². The Hall–Kier alpha value is -3.89. The van der Waals surface area contributed by atoms with Crippen molar-refractivity contribution in [1.29, 1.82) is 0 Å². The van der Waals surface area contributed by atoms with Gasteiger partial charge in [-0.3, -0.25) is 24.5 Å². The first-order valence-electron chi connectivity index (χ1n) is 8.16. The molecule has 0 radical (unpaired) electrons. The lowest BCUT2D eigenvalue weighted by Crippen LogP contribution is -2.35. The van der Waals surface area contributed by atoms with Crippen molar-refractivity contribution in [3.8, 4) is 0 Å². The van der Waals surface area contributed by atoms with E-state index < -0.39 is 53.9 Å². The fourth-order valence-electron chi connectivity index (χ4n) is 2.20. The number of nitro groups is 1. The van der Waals surface area contributed by atoms with Crippen LogP contribution in [0.25, 0.3) is 0 Å². The van der Waals surface area contributed by atoms with E-state index in [-0.39, 0.29) is 16.9 Å². The lowest BCUT2D eigenvalue weighted by atomic mass is 10.1. The molecule has 0 atom stereocenters. The number of esters is 1. The molecule has 0 bridgehead atoms. The van der Waals surface area contributed by atoms with Crippen molar-refractivity contribution in [3.05, 3.63) is 69.8 Å². The second-order valence-electron chi connectivity index (χ2n) is 5.68. The normalized spacial score (nSPS) is 10.1. The highest BCUT2D eigenvalue weighted by Gasteiger charge is 2.17. The molecule has 0 saturated carbocycles. The summed E-state index contributed by atoms with van der Waals surface area (Å²) in [6, 6.07) is 8.35. The fraction of sp³-hybridized carbons (Fsp3) is 0.167. The lowest BCUT2D eigenvalue weighted by molar-refractivity contribution is -0.385. The number of nitrogens with one attached hydrogen (secondary N) is 2. The second kappa shape index (κ2) is 9.88. The van der Waals surface area contributed by atoms with E-state index in [1.165, 1.54) is 24.3 Å². The molecule has 11 heteroatoms. The molecule has 0 spiro atoms. The number of anilines is 1. The maximum Gasteiger partial charge on any atom is 0.311 e. The maximum absolute atomic E-state index is 13.1. The van der Waals surface area contributed by atoms with Gasteiger partial charge < -0.3 is 15.4 Å². The molecular weight excluding hydrogens is 392 g/mol. The number of amides is 2. The van der Waals surface area contributed by atoms with Crippen molar-refractivity contribution < 1.29 is 32.8 Å². The van der Waals surface area contributed by atoms with Gasteiger partial charge in [-0.2, -0.15) is 0 Å². The van der Waals surface area contributed by atoms with Gasteiger partial charge >= 0.3 is 5.97 Å². The molecule has 0 aliphatic carbocycles. The van der Waals surface area contributed by atoms with E-state index in [1.54, 1.807) is 0 Å². The van der Waals surface area contributed by atoms with E-state index in [9.17, 15) is 33.3 Å². The van der Waals surface area contributed by atoms with Gasteiger partial charge in [-0.15, -0.1) is 0 Å². The van der Waals surface area contributed by atoms with Gasteiger partial charge in [-0.05, 0) is 12.1 Å². The zero-order valence-corrected chi connectivity index (χ0v) is 14.8. The Morgan fingerprint density at radius 3 is 2.45 bits per heavy atom. The number of para-hydroxylation sites is 1. The van der Waals surface area contributed by atoms with Gasteiger partial charge in [-0.1, -0.05) is 18.2 Å². The van der Waals surface area contributed by atoms with Gasteiger partial charge in [0.2, 0.25) is 5.91 Å².